The van der Waals surface area contributed by atoms with Gasteiger partial charge in [0.15, 0.2) is 5.78 Å². The third kappa shape index (κ3) is 3.34. The van der Waals surface area contributed by atoms with Crippen LogP contribution in [0.5, 0.6) is 0 Å². The van der Waals surface area contributed by atoms with E-state index in [1.807, 2.05) is 34.6 Å². The summed E-state index contributed by atoms with van der Waals surface area (Å²) in [6.07, 6.45) is 5.87. The average Bonchev–Trinajstić information content (AvgIpc) is 2.59. The highest BCUT2D eigenvalue weighted by Crippen LogP contribution is 2.52. The van der Waals surface area contributed by atoms with Crippen molar-refractivity contribution in [3.05, 3.63) is 11.6 Å². The summed E-state index contributed by atoms with van der Waals surface area (Å²) in [5.41, 5.74) is 0.0824. The van der Waals surface area contributed by atoms with Gasteiger partial charge in [-0.25, -0.2) is 0 Å². The lowest BCUT2D eigenvalue weighted by molar-refractivity contribution is -0.149. The Labute approximate surface area is 139 Å². The van der Waals surface area contributed by atoms with Gasteiger partial charge in [-0.1, -0.05) is 33.3 Å². The largest absolute Gasteiger partial charge is 0.299 e. The van der Waals surface area contributed by atoms with Gasteiger partial charge in [-0.3, -0.25) is 14.4 Å². The number of hydrogen-bond donors (Lipinski definition) is 0. The van der Waals surface area contributed by atoms with E-state index in [0.717, 1.165) is 24.8 Å². The minimum Gasteiger partial charge on any atom is -0.299 e. The Kier molecular flexibility index (Phi) is 4.98. The Bertz CT molecular complexity index is 557. The Balaban J connectivity index is 2.20. The van der Waals surface area contributed by atoms with Crippen molar-refractivity contribution >= 4 is 17.3 Å². The summed E-state index contributed by atoms with van der Waals surface area (Å²) >= 11 is 0. The molecular weight excluding hydrogens is 288 g/mol. The first kappa shape index (κ1) is 18.1. The summed E-state index contributed by atoms with van der Waals surface area (Å²) < 4.78 is 0. The number of allylic oxidation sites excluding steroid dienone is 2. The van der Waals surface area contributed by atoms with Crippen LogP contribution in [-0.2, 0) is 14.4 Å². The molecule has 1 fully saturated rings. The van der Waals surface area contributed by atoms with Crippen LogP contribution in [0.15, 0.2) is 11.6 Å². The molecule has 0 radical (unpaired) electrons. The molecule has 23 heavy (non-hydrogen) atoms. The standard InChI is InChI=1S/C20H30O3/c1-13(2)16(21)8-9-19(4)10-11-20(5)15(18(19)23)7-6-14(3)12-17(20)22/h12-13,15H,6-11H2,1-5H3/t15-,19-,20-/m0/s1. The lowest BCUT2D eigenvalue weighted by atomic mass is 9.55. The maximum Gasteiger partial charge on any atom is 0.162 e. The van der Waals surface area contributed by atoms with Gasteiger partial charge in [-0.05, 0) is 45.1 Å². The van der Waals surface area contributed by atoms with Crippen LogP contribution in [0.2, 0.25) is 0 Å². The molecule has 3 nitrogen and oxygen atoms in total. The van der Waals surface area contributed by atoms with Gasteiger partial charge >= 0.3 is 0 Å². The minimum atomic E-state index is -0.545. The molecule has 0 aromatic carbocycles. The quantitative estimate of drug-likeness (QED) is 0.777. The number of hydrogen-bond acceptors (Lipinski definition) is 3. The van der Waals surface area contributed by atoms with Gasteiger partial charge < -0.3 is 0 Å². The van der Waals surface area contributed by atoms with E-state index in [1.165, 1.54) is 0 Å². The lowest BCUT2D eigenvalue weighted by Gasteiger charge is -2.46. The highest BCUT2D eigenvalue weighted by Gasteiger charge is 2.54. The zero-order valence-corrected chi connectivity index (χ0v) is 15.2. The lowest BCUT2D eigenvalue weighted by Crippen LogP contribution is -2.50. The zero-order valence-electron chi connectivity index (χ0n) is 15.2. The second-order valence-corrected chi connectivity index (χ2v) is 8.41. The fourth-order valence-corrected chi connectivity index (χ4v) is 4.06. The molecule has 1 saturated carbocycles. The van der Waals surface area contributed by atoms with Gasteiger partial charge in [0.05, 0.1) is 0 Å². The molecule has 0 bridgehead atoms. The molecule has 0 aromatic heterocycles. The predicted molar refractivity (Wildman–Crippen MR) is 91.0 cm³/mol. The van der Waals surface area contributed by atoms with Crippen molar-refractivity contribution in [2.45, 2.75) is 73.1 Å². The predicted octanol–water partition coefficient (Wildman–Crippen LogP) is 4.29. The fraction of sp³-hybridized carbons (Fsp3) is 0.750. The normalized spacial score (nSPS) is 34.9. The van der Waals surface area contributed by atoms with Crippen molar-refractivity contribution in [2.24, 2.45) is 22.7 Å². The maximum atomic E-state index is 13.2. The summed E-state index contributed by atoms with van der Waals surface area (Å²) in [6, 6.07) is 0. The minimum absolute atomic E-state index is 0.0221. The van der Waals surface area contributed by atoms with E-state index in [-0.39, 0.29) is 29.2 Å². The molecule has 0 unspecified atom stereocenters. The van der Waals surface area contributed by atoms with Crippen LogP contribution in [0.25, 0.3) is 0 Å². The molecule has 2 aliphatic rings. The van der Waals surface area contributed by atoms with Crippen molar-refractivity contribution in [3.8, 4) is 0 Å². The fourth-order valence-electron chi connectivity index (χ4n) is 4.06. The van der Waals surface area contributed by atoms with Crippen LogP contribution in [-0.4, -0.2) is 17.3 Å². The second-order valence-electron chi connectivity index (χ2n) is 8.41. The molecule has 0 spiro atoms. The first-order valence-corrected chi connectivity index (χ1v) is 8.89. The van der Waals surface area contributed by atoms with Crippen LogP contribution < -0.4 is 0 Å². The van der Waals surface area contributed by atoms with Crippen molar-refractivity contribution < 1.29 is 14.4 Å². The Hall–Kier alpha value is -1.25. The average molecular weight is 318 g/mol. The molecule has 0 aliphatic heterocycles. The summed E-state index contributed by atoms with van der Waals surface area (Å²) in [7, 11) is 0. The third-order valence-corrected chi connectivity index (χ3v) is 6.21. The Morgan fingerprint density at radius 2 is 1.91 bits per heavy atom. The van der Waals surface area contributed by atoms with Gasteiger partial charge in [0.2, 0.25) is 0 Å². The number of ketones is 3. The summed E-state index contributed by atoms with van der Waals surface area (Å²) in [5.74, 6) is 0.373. The van der Waals surface area contributed by atoms with Crippen molar-refractivity contribution in [2.75, 3.05) is 0 Å². The van der Waals surface area contributed by atoms with E-state index in [1.54, 1.807) is 6.08 Å². The molecule has 0 aromatic rings. The molecule has 3 atom stereocenters. The molecule has 2 rings (SSSR count). The summed E-state index contributed by atoms with van der Waals surface area (Å²) in [6.45, 7) is 9.75. The molecule has 0 N–H and O–H groups in total. The molecule has 2 aliphatic carbocycles. The van der Waals surface area contributed by atoms with Crippen molar-refractivity contribution in [1.82, 2.24) is 0 Å². The highest BCUT2D eigenvalue weighted by molar-refractivity contribution is 6.02. The van der Waals surface area contributed by atoms with Crippen LogP contribution in [0.1, 0.15) is 73.1 Å². The first-order chi connectivity index (χ1) is 10.6. The van der Waals surface area contributed by atoms with Crippen molar-refractivity contribution in [3.63, 3.8) is 0 Å². The van der Waals surface area contributed by atoms with E-state index >= 15 is 0 Å². The molecular formula is C20H30O3. The third-order valence-electron chi connectivity index (χ3n) is 6.21. The number of Topliss-reactive ketones (excluding diaryl/α,β-unsaturated/α-hetero) is 2. The monoisotopic (exact) mass is 318 g/mol. The van der Waals surface area contributed by atoms with Crippen LogP contribution >= 0.6 is 0 Å². The highest BCUT2D eigenvalue weighted by atomic mass is 16.1. The topological polar surface area (TPSA) is 51.2 Å². The van der Waals surface area contributed by atoms with Crippen molar-refractivity contribution in [1.29, 1.82) is 0 Å². The zero-order chi connectivity index (χ0) is 17.4. The van der Waals surface area contributed by atoms with Gasteiger partial charge in [-0.2, -0.15) is 0 Å². The number of carbonyl (C=O) groups excluding carboxylic acids is 3. The van der Waals surface area contributed by atoms with E-state index < -0.39 is 10.8 Å². The van der Waals surface area contributed by atoms with Crippen LogP contribution in [0, 0.1) is 22.7 Å². The molecule has 3 heteroatoms. The van der Waals surface area contributed by atoms with E-state index in [4.69, 9.17) is 0 Å². The Morgan fingerprint density at radius 3 is 2.52 bits per heavy atom. The number of rotatable bonds is 4. The SMILES string of the molecule is CC1=CC(=O)[C@@]2(C)CC[C@](C)(CCC(=O)C(C)C)C(=O)[C@@H]2CC1. The van der Waals surface area contributed by atoms with E-state index in [2.05, 4.69) is 0 Å². The molecule has 128 valence electrons. The summed E-state index contributed by atoms with van der Waals surface area (Å²) in [4.78, 5) is 37.8. The molecule has 0 saturated heterocycles. The van der Waals surface area contributed by atoms with E-state index in [9.17, 15) is 14.4 Å². The first-order valence-electron chi connectivity index (χ1n) is 8.89. The molecule has 0 amide bonds. The van der Waals surface area contributed by atoms with Crippen LogP contribution in [0.4, 0.5) is 0 Å². The molecule has 0 heterocycles. The number of carbonyl (C=O) groups is 3. The van der Waals surface area contributed by atoms with Crippen LogP contribution in [0.3, 0.4) is 0 Å². The van der Waals surface area contributed by atoms with Gasteiger partial charge in [0.25, 0.3) is 0 Å². The smallest absolute Gasteiger partial charge is 0.162 e. The summed E-state index contributed by atoms with van der Waals surface area (Å²) in [5, 5.41) is 0. The maximum absolute atomic E-state index is 13.2. The Morgan fingerprint density at radius 1 is 1.26 bits per heavy atom. The van der Waals surface area contributed by atoms with Gasteiger partial charge in [0, 0.05) is 29.1 Å². The van der Waals surface area contributed by atoms with Gasteiger partial charge in [-0.15, -0.1) is 0 Å². The van der Waals surface area contributed by atoms with E-state index in [0.29, 0.717) is 19.3 Å². The van der Waals surface area contributed by atoms with Gasteiger partial charge in [0.1, 0.15) is 11.6 Å². The second kappa shape index (κ2) is 6.33. The number of fused-ring (bicyclic) bond motifs is 1.